The van der Waals surface area contributed by atoms with Gasteiger partial charge in [-0.1, -0.05) is 18.2 Å². The van der Waals surface area contributed by atoms with Gasteiger partial charge in [0.25, 0.3) is 0 Å². The Morgan fingerprint density at radius 1 is 1.00 bits per heavy atom. The SMILES string of the molecule is CCO[Si](CCCNCC(O)COc1ccccc1)(OCC)OCC. The first-order valence-electron chi connectivity index (χ1n) is 9.14. The zero-order chi connectivity index (χ0) is 18.4. The van der Waals surface area contributed by atoms with Gasteiger partial charge in [-0.05, 0) is 45.9 Å². The quantitative estimate of drug-likeness (QED) is 0.365. The predicted molar refractivity (Wildman–Crippen MR) is 101 cm³/mol. The third-order valence-electron chi connectivity index (χ3n) is 3.49. The molecular formula is C18H33NO5Si. The zero-order valence-corrected chi connectivity index (χ0v) is 16.7. The summed E-state index contributed by atoms with van der Waals surface area (Å²) in [6.07, 6.45) is 0.325. The second-order valence-electron chi connectivity index (χ2n) is 5.57. The Morgan fingerprint density at radius 2 is 1.60 bits per heavy atom. The summed E-state index contributed by atoms with van der Waals surface area (Å²) in [5.74, 6) is 0.766. The van der Waals surface area contributed by atoms with Crippen LogP contribution in [0, 0.1) is 0 Å². The third-order valence-corrected chi connectivity index (χ3v) is 6.65. The first-order chi connectivity index (χ1) is 12.2. The molecule has 0 fully saturated rings. The van der Waals surface area contributed by atoms with Gasteiger partial charge in [-0.2, -0.15) is 0 Å². The molecule has 1 rings (SSSR count). The monoisotopic (exact) mass is 371 g/mol. The van der Waals surface area contributed by atoms with Gasteiger partial charge in [0.15, 0.2) is 0 Å². The third kappa shape index (κ3) is 9.34. The molecule has 0 heterocycles. The van der Waals surface area contributed by atoms with E-state index in [1.165, 1.54) is 0 Å². The lowest BCUT2D eigenvalue weighted by molar-refractivity contribution is 0.0706. The summed E-state index contributed by atoms with van der Waals surface area (Å²) in [6.45, 7) is 9.18. The van der Waals surface area contributed by atoms with E-state index >= 15 is 0 Å². The van der Waals surface area contributed by atoms with Gasteiger partial charge in [-0.15, -0.1) is 0 Å². The molecule has 1 atom stereocenters. The Morgan fingerprint density at radius 3 is 2.16 bits per heavy atom. The molecule has 0 aliphatic rings. The zero-order valence-electron chi connectivity index (χ0n) is 15.7. The minimum Gasteiger partial charge on any atom is -0.491 e. The standard InChI is InChI=1S/C18H33NO5Si/c1-4-22-25(23-5-2,24-6-3)14-10-13-19-15-17(20)16-21-18-11-8-7-9-12-18/h7-9,11-12,17,19-20H,4-6,10,13-16H2,1-3H3. The molecule has 144 valence electrons. The van der Waals surface area contributed by atoms with Gasteiger partial charge in [0.05, 0.1) is 0 Å². The van der Waals surface area contributed by atoms with Gasteiger partial charge in [0, 0.05) is 32.4 Å². The number of para-hydroxylation sites is 1. The molecule has 6 nitrogen and oxygen atoms in total. The van der Waals surface area contributed by atoms with Crippen LogP contribution in [0.2, 0.25) is 6.04 Å². The largest absolute Gasteiger partial charge is 0.500 e. The fourth-order valence-corrected chi connectivity index (χ4v) is 5.08. The van der Waals surface area contributed by atoms with Crippen LogP contribution in [0.4, 0.5) is 0 Å². The van der Waals surface area contributed by atoms with E-state index in [2.05, 4.69) is 5.32 Å². The Kier molecular flexibility index (Phi) is 11.7. The molecule has 1 aromatic rings. The van der Waals surface area contributed by atoms with Crippen LogP contribution in [-0.4, -0.2) is 59.5 Å². The van der Waals surface area contributed by atoms with E-state index in [1.54, 1.807) is 0 Å². The van der Waals surface area contributed by atoms with Gasteiger partial charge in [-0.25, -0.2) is 0 Å². The second-order valence-corrected chi connectivity index (χ2v) is 8.30. The molecule has 0 bridgehead atoms. The van der Waals surface area contributed by atoms with E-state index in [4.69, 9.17) is 18.0 Å². The normalized spacial score (nSPS) is 13.0. The first-order valence-corrected chi connectivity index (χ1v) is 11.1. The first kappa shape index (κ1) is 22.1. The Labute approximate surface area is 152 Å². The lowest BCUT2D eigenvalue weighted by Crippen LogP contribution is -2.46. The van der Waals surface area contributed by atoms with E-state index in [1.807, 2.05) is 51.1 Å². The number of benzene rings is 1. The smallest absolute Gasteiger partial charge is 0.491 e. The molecular weight excluding hydrogens is 338 g/mol. The number of aliphatic hydroxyl groups is 1. The summed E-state index contributed by atoms with van der Waals surface area (Å²) < 4.78 is 23.0. The molecule has 0 saturated carbocycles. The molecule has 0 spiro atoms. The second kappa shape index (κ2) is 13.3. The van der Waals surface area contributed by atoms with Crippen molar-refractivity contribution >= 4 is 8.80 Å². The Hall–Kier alpha value is -0.963. The number of nitrogens with one attached hydrogen (secondary N) is 1. The van der Waals surface area contributed by atoms with E-state index in [0.717, 1.165) is 24.8 Å². The molecule has 0 radical (unpaired) electrons. The van der Waals surface area contributed by atoms with Crippen LogP contribution < -0.4 is 10.1 Å². The van der Waals surface area contributed by atoms with Gasteiger partial charge in [0.2, 0.25) is 0 Å². The number of hydrogen-bond donors (Lipinski definition) is 2. The fourth-order valence-electron chi connectivity index (χ4n) is 2.47. The summed E-state index contributed by atoms with van der Waals surface area (Å²) in [7, 11) is -2.56. The summed E-state index contributed by atoms with van der Waals surface area (Å²) in [6, 6.07) is 10.3. The topological polar surface area (TPSA) is 69.2 Å². The summed E-state index contributed by atoms with van der Waals surface area (Å²) in [5.41, 5.74) is 0. The Bertz CT molecular complexity index is 418. The van der Waals surface area contributed by atoms with Crippen molar-refractivity contribution in [1.29, 1.82) is 0 Å². The number of rotatable bonds is 15. The highest BCUT2D eigenvalue weighted by atomic mass is 28.4. The van der Waals surface area contributed by atoms with E-state index < -0.39 is 14.9 Å². The maximum atomic E-state index is 9.97. The van der Waals surface area contributed by atoms with Gasteiger partial charge in [-0.3, -0.25) is 0 Å². The summed E-state index contributed by atoms with van der Waals surface area (Å²) in [4.78, 5) is 0. The van der Waals surface area contributed by atoms with Crippen molar-refractivity contribution in [2.24, 2.45) is 0 Å². The van der Waals surface area contributed by atoms with Crippen molar-refractivity contribution in [3.05, 3.63) is 30.3 Å². The molecule has 0 aliphatic heterocycles. The van der Waals surface area contributed by atoms with Crippen LogP contribution in [0.25, 0.3) is 0 Å². The average molecular weight is 372 g/mol. The van der Waals surface area contributed by atoms with Crippen LogP contribution in [-0.2, 0) is 13.3 Å². The number of ether oxygens (including phenoxy) is 1. The average Bonchev–Trinajstić information content (AvgIpc) is 2.61. The lowest BCUT2D eigenvalue weighted by atomic mass is 10.3. The van der Waals surface area contributed by atoms with Crippen LogP contribution in [0.5, 0.6) is 5.75 Å². The highest BCUT2D eigenvalue weighted by Gasteiger charge is 2.39. The summed E-state index contributed by atoms with van der Waals surface area (Å²) >= 11 is 0. The van der Waals surface area contributed by atoms with Crippen LogP contribution in [0.1, 0.15) is 27.2 Å². The highest BCUT2D eigenvalue weighted by Crippen LogP contribution is 2.17. The summed E-state index contributed by atoms with van der Waals surface area (Å²) in [5, 5.41) is 13.2. The molecule has 25 heavy (non-hydrogen) atoms. The lowest BCUT2D eigenvalue weighted by Gasteiger charge is -2.28. The molecule has 0 amide bonds. The van der Waals surface area contributed by atoms with Crippen LogP contribution in [0.15, 0.2) is 30.3 Å². The minimum absolute atomic E-state index is 0.270. The van der Waals surface area contributed by atoms with Gasteiger partial charge >= 0.3 is 8.80 Å². The van der Waals surface area contributed by atoms with E-state index in [-0.39, 0.29) is 6.61 Å². The van der Waals surface area contributed by atoms with Gasteiger partial charge < -0.3 is 28.4 Å². The van der Waals surface area contributed by atoms with E-state index in [0.29, 0.717) is 26.4 Å². The molecule has 0 saturated heterocycles. The van der Waals surface area contributed by atoms with Crippen molar-refractivity contribution in [2.45, 2.75) is 39.3 Å². The van der Waals surface area contributed by atoms with Crippen molar-refractivity contribution in [1.82, 2.24) is 5.32 Å². The molecule has 0 aromatic heterocycles. The van der Waals surface area contributed by atoms with Crippen molar-refractivity contribution in [2.75, 3.05) is 39.5 Å². The van der Waals surface area contributed by atoms with Crippen molar-refractivity contribution in [3.8, 4) is 5.75 Å². The van der Waals surface area contributed by atoms with Crippen molar-refractivity contribution in [3.63, 3.8) is 0 Å². The molecule has 7 heteroatoms. The Balaban J connectivity index is 2.21. The highest BCUT2D eigenvalue weighted by molar-refractivity contribution is 6.60. The number of aliphatic hydroxyl groups excluding tert-OH is 1. The molecule has 1 unspecified atom stereocenters. The van der Waals surface area contributed by atoms with Gasteiger partial charge in [0.1, 0.15) is 18.5 Å². The van der Waals surface area contributed by atoms with Crippen LogP contribution in [0.3, 0.4) is 0 Å². The van der Waals surface area contributed by atoms with Crippen molar-refractivity contribution < 1.29 is 23.1 Å². The minimum atomic E-state index is -2.56. The van der Waals surface area contributed by atoms with E-state index in [9.17, 15) is 5.11 Å². The number of hydrogen-bond acceptors (Lipinski definition) is 6. The fraction of sp³-hybridized carbons (Fsp3) is 0.667. The molecule has 1 aromatic carbocycles. The maximum Gasteiger partial charge on any atom is 0.500 e. The van der Waals surface area contributed by atoms with Crippen LogP contribution >= 0.6 is 0 Å². The maximum absolute atomic E-state index is 9.97. The molecule has 0 aliphatic carbocycles. The molecule has 2 N–H and O–H groups in total. The predicted octanol–water partition coefficient (Wildman–Crippen LogP) is 2.45.